The Kier molecular flexibility index (Phi) is 6.17. The standard InChI is InChI=1S/C23H26ClN3O3/c1-14(2)22(29)30-11-7-8-15-12-16(23(3,4)5)21(28)19(13-15)27-25-18-10-6-9-17(24)20(18)26-27/h6,9-10,12-13,28H,1,7-8,11H2,2-5H3. The number of aryl methyl sites for hydroxylation is 1. The fourth-order valence-electron chi connectivity index (χ4n) is 3.12. The number of phenols is 1. The maximum absolute atomic E-state index is 11.6. The van der Waals surface area contributed by atoms with Gasteiger partial charge in [0.1, 0.15) is 22.5 Å². The second-order valence-corrected chi connectivity index (χ2v) is 8.79. The smallest absolute Gasteiger partial charge is 0.333 e. The predicted molar refractivity (Wildman–Crippen MR) is 118 cm³/mol. The van der Waals surface area contributed by atoms with Gasteiger partial charge in [-0.2, -0.15) is 0 Å². The summed E-state index contributed by atoms with van der Waals surface area (Å²) in [4.78, 5) is 13.0. The van der Waals surface area contributed by atoms with E-state index in [1.807, 2.05) is 45.0 Å². The van der Waals surface area contributed by atoms with Gasteiger partial charge in [-0.15, -0.1) is 15.0 Å². The van der Waals surface area contributed by atoms with Crippen LogP contribution < -0.4 is 0 Å². The number of ether oxygens (including phenoxy) is 1. The Hall–Kier alpha value is -2.86. The first-order chi connectivity index (χ1) is 14.1. The van der Waals surface area contributed by atoms with Crippen molar-refractivity contribution in [2.75, 3.05) is 6.61 Å². The van der Waals surface area contributed by atoms with Crippen LogP contribution in [0.4, 0.5) is 0 Å². The summed E-state index contributed by atoms with van der Waals surface area (Å²) in [6.45, 7) is 11.6. The van der Waals surface area contributed by atoms with Crippen molar-refractivity contribution in [3.63, 3.8) is 0 Å². The maximum atomic E-state index is 11.6. The molecule has 1 aromatic heterocycles. The second-order valence-electron chi connectivity index (χ2n) is 8.38. The molecule has 3 rings (SSSR count). The number of esters is 1. The average Bonchev–Trinajstić information content (AvgIpc) is 3.10. The molecule has 0 aliphatic rings. The van der Waals surface area contributed by atoms with E-state index < -0.39 is 0 Å². The lowest BCUT2D eigenvalue weighted by atomic mass is 9.84. The Balaban J connectivity index is 1.95. The van der Waals surface area contributed by atoms with E-state index in [0.717, 1.165) is 11.1 Å². The van der Waals surface area contributed by atoms with Gasteiger partial charge in [0.25, 0.3) is 0 Å². The number of phenolic OH excluding ortho intramolecular Hbond substituents is 1. The Morgan fingerprint density at radius 1 is 1.27 bits per heavy atom. The first-order valence-electron chi connectivity index (χ1n) is 9.79. The molecule has 0 aliphatic carbocycles. The van der Waals surface area contributed by atoms with Gasteiger partial charge in [0.15, 0.2) is 0 Å². The molecule has 0 atom stereocenters. The van der Waals surface area contributed by atoms with Gasteiger partial charge in [-0.3, -0.25) is 0 Å². The monoisotopic (exact) mass is 427 g/mol. The van der Waals surface area contributed by atoms with E-state index in [1.165, 1.54) is 4.80 Å². The van der Waals surface area contributed by atoms with Crippen LogP contribution in [0.25, 0.3) is 16.7 Å². The predicted octanol–water partition coefficient (Wildman–Crippen LogP) is 5.13. The second kappa shape index (κ2) is 8.48. The summed E-state index contributed by atoms with van der Waals surface area (Å²) < 4.78 is 5.18. The molecule has 0 amide bonds. The number of rotatable bonds is 6. The Morgan fingerprint density at radius 2 is 2.00 bits per heavy atom. The van der Waals surface area contributed by atoms with Crippen molar-refractivity contribution in [3.05, 3.63) is 58.6 Å². The van der Waals surface area contributed by atoms with Crippen LogP contribution in [-0.4, -0.2) is 32.7 Å². The number of aromatic hydroxyl groups is 1. The minimum absolute atomic E-state index is 0.136. The van der Waals surface area contributed by atoms with Crippen molar-refractivity contribution in [3.8, 4) is 11.4 Å². The molecular weight excluding hydrogens is 402 g/mol. The minimum atomic E-state index is -0.388. The van der Waals surface area contributed by atoms with Gasteiger partial charge in [0.2, 0.25) is 0 Å². The summed E-state index contributed by atoms with van der Waals surface area (Å²) in [7, 11) is 0. The van der Waals surface area contributed by atoms with Gasteiger partial charge in [-0.1, -0.05) is 51.1 Å². The quantitative estimate of drug-likeness (QED) is 0.335. The number of benzene rings is 2. The Morgan fingerprint density at radius 3 is 2.63 bits per heavy atom. The molecule has 6 nitrogen and oxygen atoms in total. The lowest BCUT2D eigenvalue weighted by Crippen LogP contribution is -2.14. The summed E-state index contributed by atoms with van der Waals surface area (Å²) in [5, 5.41) is 20.5. The molecule has 0 spiro atoms. The average molecular weight is 428 g/mol. The maximum Gasteiger partial charge on any atom is 0.333 e. The van der Waals surface area contributed by atoms with Crippen LogP contribution in [0.3, 0.4) is 0 Å². The van der Waals surface area contributed by atoms with Gasteiger partial charge in [0.05, 0.1) is 11.6 Å². The number of halogens is 1. The zero-order valence-corrected chi connectivity index (χ0v) is 18.5. The molecule has 0 fully saturated rings. The van der Waals surface area contributed by atoms with Crippen molar-refractivity contribution >= 4 is 28.6 Å². The van der Waals surface area contributed by atoms with Gasteiger partial charge in [-0.05, 0) is 48.9 Å². The Bertz CT molecular complexity index is 1110. The van der Waals surface area contributed by atoms with E-state index in [2.05, 4.69) is 16.8 Å². The SMILES string of the molecule is C=C(C)C(=O)OCCCc1cc(-n2nc3cccc(Cl)c3n2)c(O)c(C(C)(C)C)c1. The highest BCUT2D eigenvalue weighted by Gasteiger charge is 2.23. The fraction of sp³-hybridized carbons (Fsp3) is 0.348. The molecule has 0 bridgehead atoms. The highest BCUT2D eigenvalue weighted by Crippen LogP contribution is 2.36. The molecule has 30 heavy (non-hydrogen) atoms. The van der Waals surface area contributed by atoms with Gasteiger partial charge in [0, 0.05) is 11.1 Å². The van der Waals surface area contributed by atoms with Crippen molar-refractivity contribution in [2.45, 2.75) is 46.0 Å². The first kappa shape index (κ1) is 21.8. The topological polar surface area (TPSA) is 77.2 Å². The van der Waals surface area contributed by atoms with Gasteiger partial charge >= 0.3 is 5.97 Å². The third kappa shape index (κ3) is 4.65. The highest BCUT2D eigenvalue weighted by molar-refractivity contribution is 6.34. The van der Waals surface area contributed by atoms with Crippen molar-refractivity contribution in [1.82, 2.24) is 15.0 Å². The summed E-state index contributed by atoms with van der Waals surface area (Å²) in [6.07, 6.45) is 1.31. The number of fused-ring (bicyclic) bond motifs is 1. The number of carbonyl (C=O) groups is 1. The lowest BCUT2D eigenvalue weighted by Gasteiger charge is -2.23. The minimum Gasteiger partial charge on any atom is -0.505 e. The number of hydrogen-bond donors (Lipinski definition) is 1. The molecule has 158 valence electrons. The zero-order valence-electron chi connectivity index (χ0n) is 17.7. The van der Waals surface area contributed by atoms with Crippen molar-refractivity contribution in [2.24, 2.45) is 0 Å². The molecule has 3 aromatic rings. The van der Waals surface area contributed by atoms with E-state index in [4.69, 9.17) is 16.3 Å². The van der Waals surface area contributed by atoms with Crippen LogP contribution in [0.15, 0.2) is 42.5 Å². The van der Waals surface area contributed by atoms with Crippen LogP contribution in [-0.2, 0) is 21.4 Å². The zero-order chi connectivity index (χ0) is 22.1. The third-order valence-corrected chi connectivity index (χ3v) is 5.03. The normalized spacial score (nSPS) is 11.6. The third-order valence-electron chi connectivity index (χ3n) is 4.73. The summed E-state index contributed by atoms with van der Waals surface area (Å²) >= 11 is 6.24. The van der Waals surface area contributed by atoms with E-state index in [-0.39, 0.29) is 17.1 Å². The summed E-state index contributed by atoms with van der Waals surface area (Å²) in [6, 6.07) is 9.23. The van der Waals surface area contributed by atoms with Crippen LogP contribution in [0.5, 0.6) is 5.75 Å². The van der Waals surface area contributed by atoms with E-state index in [0.29, 0.717) is 46.8 Å². The molecule has 0 saturated heterocycles. The molecule has 0 unspecified atom stereocenters. The number of carbonyl (C=O) groups excluding carboxylic acids is 1. The molecule has 0 radical (unpaired) electrons. The summed E-state index contributed by atoms with van der Waals surface area (Å²) in [5.41, 5.74) is 3.60. The van der Waals surface area contributed by atoms with Gasteiger partial charge in [-0.25, -0.2) is 4.79 Å². The molecular formula is C23H26ClN3O3. The largest absolute Gasteiger partial charge is 0.505 e. The van der Waals surface area contributed by atoms with Gasteiger partial charge < -0.3 is 9.84 Å². The fourth-order valence-corrected chi connectivity index (χ4v) is 3.33. The van der Waals surface area contributed by atoms with Crippen LogP contribution >= 0.6 is 11.6 Å². The van der Waals surface area contributed by atoms with E-state index in [1.54, 1.807) is 13.0 Å². The lowest BCUT2D eigenvalue weighted by molar-refractivity contribution is -0.139. The molecule has 1 N–H and O–H groups in total. The first-order valence-corrected chi connectivity index (χ1v) is 10.2. The molecule has 0 aliphatic heterocycles. The highest BCUT2D eigenvalue weighted by atomic mass is 35.5. The molecule has 1 heterocycles. The van der Waals surface area contributed by atoms with Crippen molar-refractivity contribution < 1.29 is 14.6 Å². The number of nitrogens with zero attached hydrogens (tertiary/aromatic N) is 3. The molecule has 2 aromatic carbocycles. The van der Waals surface area contributed by atoms with Crippen molar-refractivity contribution in [1.29, 1.82) is 0 Å². The van der Waals surface area contributed by atoms with E-state index >= 15 is 0 Å². The van der Waals surface area contributed by atoms with Crippen LogP contribution in [0.1, 0.15) is 45.2 Å². The van der Waals surface area contributed by atoms with Crippen LogP contribution in [0, 0.1) is 0 Å². The number of hydrogen-bond acceptors (Lipinski definition) is 5. The Labute approximate surface area is 181 Å². The molecule has 0 saturated carbocycles. The van der Waals surface area contributed by atoms with E-state index in [9.17, 15) is 9.90 Å². The summed E-state index contributed by atoms with van der Waals surface area (Å²) in [5.74, 6) is -0.252. The number of aromatic nitrogens is 3. The van der Waals surface area contributed by atoms with Crippen LogP contribution in [0.2, 0.25) is 5.02 Å². The molecule has 7 heteroatoms.